The summed E-state index contributed by atoms with van der Waals surface area (Å²) in [5.74, 6) is -0.118. The molecule has 0 saturated carbocycles. The van der Waals surface area contributed by atoms with Crippen molar-refractivity contribution in [2.45, 2.75) is 84.0 Å². The molecule has 6 heteroatoms. The van der Waals surface area contributed by atoms with Crippen LogP contribution in [0.2, 0.25) is 0 Å². The van der Waals surface area contributed by atoms with Crippen LogP contribution in [0.4, 0.5) is 0 Å². The molecular weight excluding hydrogens is 309 g/mol. The van der Waals surface area contributed by atoms with Gasteiger partial charge in [0.25, 0.3) is 10.1 Å². The minimum absolute atomic E-state index is 0. The first-order valence-electron chi connectivity index (χ1n) is 8.72. The average Bonchev–Trinajstić information content (AvgIpc) is 2.42. The van der Waals surface area contributed by atoms with Gasteiger partial charge in [-0.15, -0.1) is 0 Å². The van der Waals surface area contributed by atoms with Crippen molar-refractivity contribution in [2.75, 3.05) is 18.8 Å². The van der Waals surface area contributed by atoms with E-state index < -0.39 is 10.1 Å². The second kappa shape index (κ2) is 18.2. The van der Waals surface area contributed by atoms with E-state index in [4.69, 9.17) is 4.55 Å². The Bertz CT molecular complexity index is 311. The standard InChI is InChI=1S/C16H35NO3S.Na.H/c1-2-3-4-5-6-7-8-9-10-11-14-17-15-12-13-16-21(18,19)20;;/h17H,2-16H2,1H3,(H,18,19,20);;. The van der Waals surface area contributed by atoms with Gasteiger partial charge < -0.3 is 5.32 Å². The second-order valence-electron chi connectivity index (χ2n) is 5.93. The van der Waals surface area contributed by atoms with Crippen LogP contribution in [0.3, 0.4) is 0 Å². The minimum atomic E-state index is -3.77. The van der Waals surface area contributed by atoms with E-state index >= 15 is 0 Å². The molecular formula is C16H36NNaO3S. The van der Waals surface area contributed by atoms with E-state index in [9.17, 15) is 8.42 Å². The zero-order valence-corrected chi connectivity index (χ0v) is 14.6. The molecule has 0 aromatic heterocycles. The molecule has 0 aromatic rings. The molecule has 0 aliphatic carbocycles. The molecule has 130 valence electrons. The molecule has 0 saturated heterocycles. The van der Waals surface area contributed by atoms with E-state index in [2.05, 4.69) is 12.2 Å². The summed E-state index contributed by atoms with van der Waals surface area (Å²) in [7, 11) is -3.77. The summed E-state index contributed by atoms with van der Waals surface area (Å²) in [6, 6.07) is 0. The van der Waals surface area contributed by atoms with Gasteiger partial charge >= 0.3 is 29.6 Å². The predicted octanol–water partition coefficient (Wildman–Crippen LogP) is 3.52. The van der Waals surface area contributed by atoms with Gasteiger partial charge in [-0.25, -0.2) is 0 Å². The molecule has 0 radical (unpaired) electrons. The van der Waals surface area contributed by atoms with Gasteiger partial charge in [0.1, 0.15) is 0 Å². The Morgan fingerprint density at radius 2 is 1.14 bits per heavy atom. The fraction of sp³-hybridized carbons (Fsp3) is 1.00. The van der Waals surface area contributed by atoms with Gasteiger partial charge in [0, 0.05) is 0 Å². The molecule has 0 bridgehead atoms. The monoisotopic (exact) mass is 345 g/mol. The summed E-state index contributed by atoms with van der Waals surface area (Å²) in [6.45, 7) is 4.11. The van der Waals surface area contributed by atoms with Gasteiger partial charge in [-0.05, 0) is 32.4 Å². The van der Waals surface area contributed by atoms with Gasteiger partial charge in [0.15, 0.2) is 0 Å². The van der Waals surface area contributed by atoms with Crippen LogP contribution in [0.15, 0.2) is 0 Å². The van der Waals surface area contributed by atoms with Crippen LogP contribution in [0.25, 0.3) is 0 Å². The van der Waals surface area contributed by atoms with Crippen molar-refractivity contribution in [1.29, 1.82) is 0 Å². The molecule has 0 amide bonds. The predicted molar refractivity (Wildman–Crippen MR) is 97.5 cm³/mol. The van der Waals surface area contributed by atoms with Crippen LogP contribution in [-0.4, -0.2) is 61.4 Å². The van der Waals surface area contributed by atoms with Crippen molar-refractivity contribution >= 4 is 39.7 Å². The molecule has 0 fully saturated rings. The van der Waals surface area contributed by atoms with Gasteiger partial charge in [-0.3, -0.25) is 4.55 Å². The Labute approximate surface area is 160 Å². The third-order valence-corrected chi connectivity index (χ3v) is 4.52. The van der Waals surface area contributed by atoms with E-state index in [1.54, 1.807) is 0 Å². The van der Waals surface area contributed by atoms with Crippen molar-refractivity contribution in [2.24, 2.45) is 0 Å². The Balaban J connectivity index is 0. The number of hydrogen-bond acceptors (Lipinski definition) is 3. The van der Waals surface area contributed by atoms with E-state index in [0.717, 1.165) is 19.5 Å². The Kier molecular flexibility index (Phi) is 20.8. The summed E-state index contributed by atoms with van der Waals surface area (Å²) < 4.78 is 29.6. The molecule has 0 aliphatic rings. The molecule has 0 spiro atoms. The van der Waals surface area contributed by atoms with Gasteiger partial charge in [0.05, 0.1) is 5.75 Å². The van der Waals surface area contributed by atoms with Gasteiger partial charge in [-0.2, -0.15) is 8.42 Å². The van der Waals surface area contributed by atoms with Crippen molar-refractivity contribution in [3.8, 4) is 0 Å². The van der Waals surface area contributed by atoms with Gasteiger partial charge in [0.2, 0.25) is 0 Å². The van der Waals surface area contributed by atoms with Crippen LogP contribution in [-0.2, 0) is 10.1 Å². The van der Waals surface area contributed by atoms with E-state index in [1.165, 1.54) is 64.2 Å². The quantitative estimate of drug-likeness (QED) is 0.255. The summed E-state index contributed by atoms with van der Waals surface area (Å²) in [5.41, 5.74) is 0. The Hall–Kier alpha value is 0.870. The summed E-state index contributed by atoms with van der Waals surface area (Å²) in [4.78, 5) is 0. The normalized spacial score (nSPS) is 11.4. The molecule has 0 unspecified atom stereocenters. The summed E-state index contributed by atoms with van der Waals surface area (Å²) in [6.07, 6.45) is 14.8. The van der Waals surface area contributed by atoms with Crippen LogP contribution >= 0.6 is 0 Å². The zero-order valence-electron chi connectivity index (χ0n) is 13.8. The average molecular weight is 346 g/mol. The van der Waals surface area contributed by atoms with Crippen molar-refractivity contribution in [3.63, 3.8) is 0 Å². The Morgan fingerprint density at radius 1 is 0.727 bits per heavy atom. The first kappa shape index (κ1) is 25.1. The number of nitrogens with one attached hydrogen (secondary N) is 1. The van der Waals surface area contributed by atoms with Crippen molar-refractivity contribution in [1.82, 2.24) is 5.32 Å². The van der Waals surface area contributed by atoms with E-state index in [-0.39, 0.29) is 35.3 Å². The van der Waals surface area contributed by atoms with Crippen molar-refractivity contribution < 1.29 is 13.0 Å². The van der Waals surface area contributed by atoms with Crippen LogP contribution in [0, 0.1) is 0 Å². The second-order valence-corrected chi connectivity index (χ2v) is 7.50. The van der Waals surface area contributed by atoms with Crippen molar-refractivity contribution in [3.05, 3.63) is 0 Å². The molecule has 0 rings (SSSR count). The molecule has 0 aliphatic heterocycles. The number of hydrogen-bond donors (Lipinski definition) is 2. The summed E-state index contributed by atoms with van der Waals surface area (Å²) >= 11 is 0. The fourth-order valence-electron chi connectivity index (χ4n) is 2.40. The maximum atomic E-state index is 10.5. The summed E-state index contributed by atoms with van der Waals surface area (Å²) in [5, 5.41) is 3.32. The topological polar surface area (TPSA) is 66.4 Å². The SMILES string of the molecule is CCCCCCCCCCCCNCCCCS(=O)(=O)O.[NaH]. The first-order valence-corrected chi connectivity index (χ1v) is 10.3. The molecule has 0 heterocycles. The maximum absolute atomic E-state index is 10.5. The zero-order chi connectivity index (χ0) is 15.8. The van der Waals surface area contributed by atoms with E-state index in [1.807, 2.05) is 0 Å². The van der Waals surface area contributed by atoms with Crippen LogP contribution < -0.4 is 5.32 Å². The van der Waals surface area contributed by atoms with Crippen LogP contribution in [0.5, 0.6) is 0 Å². The number of unbranched alkanes of at least 4 members (excludes halogenated alkanes) is 10. The third kappa shape index (κ3) is 23.1. The molecule has 4 nitrogen and oxygen atoms in total. The molecule has 22 heavy (non-hydrogen) atoms. The fourth-order valence-corrected chi connectivity index (χ4v) is 2.97. The Morgan fingerprint density at radius 3 is 1.59 bits per heavy atom. The molecule has 2 N–H and O–H groups in total. The molecule has 0 aromatic carbocycles. The molecule has 0 atom stereocenters. The third-order valence-electron chi connectivity index (χ3n) is 3.71. The first-order chi connectivity index (χ1) is 10.1. The van der Waals surface area contributed by atoms with E-state index in [0.29, 0.717) is 6.42 Å². The van der Waals surface area contributed by atoms with Crippen LogP contribution in [0.1, 0.15) is 84.0 Å². The van der Waals surface area contributed by atoms with Gasteiger partial charge in [-0.1, -0.05) is 64.7 Å². The number of rotatable bonds is 16.